The lowest BCUT2D eigenvalue weighted by Gasteiger charge is -2.43. The molecule has 2 aromatic rings. The molecule has 1 saturated heterocycles. The van der Waals surface area contributed by atoms with Crippen LogP contribution in [0.5, 0.6) is 11.6 Å². The summed E-state index contributed by atoms with van der Waals surface area (Å²) in [7, 11) is 0. The summed E-state index contributed by atoms with van der Waals surface area (Å²) in [6, 6.07) is 4.70. The zero-order valence-electron chi connectivity index (χ0n) is 17.6. The summed E-state index contributed by atoms with van der Waals surface area (Å²) in [5.74, 6) is -4.75. The second-order valence-corrected chi connectivity index (χ2v) is 9.01. The van der Waals surface area contributed by atoms with Gasteiger partial charge < -0.3 is 9.47 Å². The molecular weight excluding hydrogens is 451 g/mol. The number of carbonyl (C=O) groups excluding carboxylic acids is 2. The molecule has 0 radical (unpaired) electrons. The van der Waals surface area contributed by atoms with Gasteiger partial charge in [0.2, 0.25) is 11.8 Å². The topological polar surface area (TPSA) is 65.5 Å². The third kappa shape index (κ3) is 4.19. The summed E-state index contributed by atoms with van der Waals surface area (Å²) >= 11 is 11.3. The van der Waals surface area contributed by atoms with Crippen LogP contribution in [0.1, 0.15) is 51.7 Å². The molecule has 1 fully saturated rings. The molecule has 1 aromatic carbocycles. The molecule has 0 unspecified atom stereocenters. The maximum absolute atomic E-state index is 14.0. The van der Waals surface area contributed by atoms with Crippen LogP contribution in [0.2, 0.25) is 10.0 Å². The smallest absolute Gasteiger partial charge is 0.243 e. The fourth-order valence-electron chi connectivity index (χ4n) is 3.71. The molecule has 0 amide bonds. The van der Waals surface area contributed by atoms with E-state index in [1.807, 2.05) is 6.92 Å². The Kier molecular flexibility index (Phi) is 6.17. The van der Waals surface area contributed by atoms with Crippen molar-refractivity contribution in [1.29, 1.82) is 0 Å². The zero-order valence-corrected chi connectivity index (χ0v) is 19.1. The third-order valence-electron chi connectivity index (χ3n) is 5.20. The van der Waals surface area contributed by atoms with Gasteiger partial charge in [0.05, 0.1) is 0 Å². The van der Waals surface area contributed by atoms with E-state index in [0.29, 0.717) is 12.0 Å². The van der Waals surface area contributed by atoms with Crippen molar-refractivity contribution in [2.45, 2.75) is 58.2 Å². The lowest BCUT2D eigenvalue weighted by Crippen LogP contribution is -2.58. The van der Waals surface area contributed by atoms with E-state index in [0.717, 1.165) is 5.56 Å². The quantitative estimate of drug-likeness (QED) is 0.414. The van der Waals surface area contributed by atoms with Crippen LogP contribution in [0.3, 0.4) is 0 Å². The molecule has 166 valence electrons. The van der Waals surface area contributed by atoms with Crippen molar-refractivity contribution in [3.63, 3.8) is 0 Å². The van der Waals surface area contributed by atoms with Crippen molar-refractivity contribution in [3.05, 3.63) is 51.1 Å². The highest BCUT2D eigenvalue weighted by Gasteiger charge is 2.53. The normalized spacial score (nSPS) is 18.4. The van der Waals surface area contributed by atoms with E-state index in [1.165, 1.54) is 12.1 Å². The highest BCUT2D eigenvalue weighted by molar-refractivity contribution is 6.35. The average molecular weight is 472 g/mol. The van der Waals surface area contributed by atoms with E-state index in [-0.39, 0.29) is 17.3 Å². The van der Waals surface area contributed by atoms with Crippen LogP contribution < -0.4 is 4.74 Å². The monoisotopic (exact) mass is 471 g/mol. The number of ketones is 2. The lowest BCUT2D eigenvalue weighted by atomic mass is 9.73. The van der Waals surface area contributed by atoms with E-state index >= 15 is 0 Å². The fourth-order valence-corrected chi connectivity index (χ4v) is 4.07. The van der Waals surface area contributed by atoms with Gasteiger partial charge in [0.1, 0.15) is 32.9 Å². The number of benzene rings is 1. The highest BCUT2D eigenvalue weighted by atomic mass is 35.5. The number of aryl methyl sites for hydroxylation is 1. The molecule has 3 rings (SSSR count). The van der Waals surface area contributed by atoms with Crippen molar-refractivity contribution < 1.29 is 27.8 Å². The molecule has 1 aliphatic heterocycles. The van der Waals surface area contributed by atoms with Gasteiger partial charge in [-0.1, -0.05) is 36.2 Å². The Hall–Kier alpha value is -2.09. The van der Waals surface area contributed by atoms with Crippen LogP contribution >= 0.6 is 23.2 Å². The Labute approximate surface area is 188 Å². The van der Waals surface area contributed by atoms with Crippen molar-refractivity contribution in [2.75, 3.05) is 0 Å². The van der Waals surface area contributed by atoms with Gasteiger partial charge in [-0.15, -0.1) is 0 Å². The predicted octanol–water partition coefficient (Wildman–Crippen LogP) is 5.83. The highest BCUT2D eigenvalue weighted by Crippen LogP contribution is 2.41. The number of carbonyl (C=O) groups is 2. The van der Waals surface area contributed by atoms with Gasteiger partial charge in [-0.25, -0.2) is 4.39 Å². The van der Waals surface area contributed by atoms with Crippen LogP contribution in [0, 0.1) is 11.8 Å². The number of Topliss-reactive ketones (excluding diaryl/α,β-unsaturated/α-hetero) is 2. The average Bonchev–Trinajstić information content (AvgIpc) is 2.69. The van der Waals surface area contributed by atoms with Crippen molar-refractivity contribution >= 4 is 34.8 Å². The summed E-state index contributed by atoms with van der Waals surface area (Å²) in [5, 5.41) is -1.43. The molecule has 0 spiro atoms. The number of hydrogen-bond acceptors (Lipinski definition) is 5. The number of pyridine rings is 1. The number of halogens is 4. The number of rotatable bonds is 4. The van der Waals surface area contributed by atoms with Crippen LogP contribution in [-0.4, -0.2) is 27.8 Å². The minimum atomic E-state index is -1.28. The first-order valence-electron chi connectivity index (χ1n) is 9.59. The van der Waals surface area contributed by atoms with E-state index in [2.05, 4.69) is 4.98 Å². The van der Waals surface area contributed by atoms with Crippen LogP contribution in [0.4, 0.5) is 8.78 Å². The summed E-state index contributed by atoms with van der Waals surface area (Å²) in [6.07, 6.45) is 0.539. The summed E-state index contributed by atoms with van der Waals surface area (Å²) in [5.41, 5.74) is -1.18. The SMILES string of the molecule is CCc1ccc(Oc2nc(F)c(Cl)c(F)c2Cl)cc1C1C(=O)C(C)(C)OC(C)(C)C1=O. The first-order chi connectivity index (χ1) is 14.3. The van der Waals surface area contributed by atoms with Crippen molar-refractivity contribution in [1.82, 2.24) is 4.98 Å². The molecule has 0 aliphatic carbocycles. The molecule has 0 atom stereocenters. The van der Waals surface area contributed by atoms with E-state index < -0.39 is 44.8 Å². The Balaban J connectivity index is 2.10. The van der Waals surface area contributed by atoms with Crippen LogP contribution in [0.25, 0.3) is 0 Å². The van der Waals surface area contributed by atoms with Crippen LogP contribution in [0.15, 0.2) is 18.2 Å². The van der Waals surface area contributed by atoms with Gasteiger partial charge >= 0.3 is 0 Å². The number of aromatic nitrogens is 1. The van der Waals surface area contributed by atoms with Crippen molar-refractivity contribution in [3.8, 4) is 11.6 Å². The number of ether oxygens (including phenoxy) is 2. The third-order valence-corrected chi connectivity index (χ3v) is 5.85. The molecule has 1 aromatic heterocycles. The first-order valence-corrected chi connectivity index (χ1v) is 10.3. The maximum Gasteiger partial charge on any atom is 0.243 e. The summed E-state index contributed by atoms with van der Waals surface area (Å²) in [4.78, 5) is 29.7. The second-order valence-electron chi connectivity index (χ2n) is 8.25. The molecule has 1 aliphatic rings. The zero-order chi connectivity index (χ0) is 23.3. The van der Waals surface area contributed by atoms with Crippen LogP contribution in [-0.2, 0) is 20.7 Å². The van der Waals surface area contributed by atoms with E-state index in [9.17, 15) is 18.4 Å². The van der Waals surface area contributed by atoms with Gasteiger partial charge in [-0.3, -0.25) is 9.59 Å². The molecule has 9 heteroatoms. The molecule has 5 nitrogen and oxygen atoms in total. The molecule has 0 bridgehead atoms. The molecule has 31 heavy (non-hydrogen) atoms. The van der Waals surface area contributed by atoms with Gasteiger partial charge in [0.25, 0.3) is 0 Å². The summed E-state index contributed by atoms with van der Waals surface area (Å²) in [6.45, 7) is 8.35. The van der Waals surface area contributed by atoms with E-state index in [4.69, 9.17) is 32.7 Å². The Bertz CT molecular complexity index is 1060. The predicted molar refractivity (Wildman–Crippen MR) is 112 cm³/mol. The Morgan fingerprint density at radius 1 is 1.06 bits per heavy atom. The van der Waals surface area contributed by atoms with Gasteiger partial charge in [0, 0.05) is 0 Å². The largest absolute Gasteiger partial charge is 0.437 e. The van der Waals surface area contributed by atoms with Gasteiger partial charge in [-0.2, -0.15) is 9.37 Å². The second kappa shape index (κ2) is 8.11. The molecule has 0 saturated carbocycles. The van der Waals surface area contributed by atoms with Gasteiger partial charge in [0.15, 0.2) is 17.4 Å². The number of hydrogen-bond donors (Lipinski definition) is 0. The molecule has 0 N–H and O–H groups in total. The first kappa shape index (κ1) is 23.6. The van der Waals surface area contributed by atoms with E-state index in [1.54, 1.807) is 33.8 Å². The minimum Gasteiger partial charge on any atom is -0.437 e. The van der Waals surface area contributed by atoms with Gasteiger partial charge in [-0.05, 0) is 57.4 Å². The summed E-state index contributed by atoms with van der Waals surface area (Å²) < 4.78 is 39.0. The Morgan fingerprint density at radius 3 is 2.19 bits per heavy atom. The van der Waals surface area contributed by atoms with Crippen molar-refractivity contribution in [2.24, 2.45) is 0 Å². The maximum atomic E-state index is 14.0. The minimum absolute atomic E-state index is 0.102. The standard InChI is InChI=1S/C22H21Cl2F2NO4/c1-6-10-7-8-11(30-20-15(24)16(25)14(23)19(26)27-20)9-12(10)13-17(28)21(2,3)31-22(4,5)18(13)29/h7-9,13H,6H2,1-5H3. The Morgan fingerprint density at radius 2 is 1.65 bits per heavy atom. The molecule has 2 heterocycles. The lowest BCUT2D eigenvalue weighted by molar-refractivity contribution is -0.184. The fraction of sp³-hybridized carbons (Fsp3) is 0.409. The molecular formula is C22H21Cl2F2NO4. The number of nitrogens with zero attached hydrogens (tertiary/aromatic N) is 1.